The minimum atomic E-state index is -2.26. The Morgan fingerprint density at radius 2 is 1.60 bits per heavy atom. The highest BCUT2D eigenvalue weighted by Crippen LogP contribution is 2.44. The maximum Gasteiger partial charge on any atom is 0.344 e. The van der Waals surface area contributed by atoms with Gasteiger partial charge < -0.3 is 25.6 Å². The van der Waals surface area contributed by atoms with Gasteiger partial charge in [-0.3, -0.25) is 0 Å². The van der Waals surface area contributed by atoms with Crippen LogP contribution in [0.1, 0.15) is 40.5 Å². The van der Waals surface area contributed by atoms with E-state index in [-0.39, 0.29) is 5.04 Å². The molecule has 5 N–H and O–H groups in total. The fourth-order valence-electron chi connectivity index (χ4n) is 2.61. The minimum Gasteiger partial charge on any atom is -0.394 e. The lowest BCUT2D eigenvalue weighted by atomic mass is 10.1. The van der Waals surface area contributed by atoms with Crippen LogP contribution in [0.5, 0.6) is 0 Å². The topological polar surface area (TPSA) is 82.5 Å². The molecule has 0 spiro atoms. The molecule has 0 aliphatic heterocycles. The van der Waals surface area contributed by atoms with Crippen molar-refractivity contribution in [3.63, 3.8) is 0 Å². The summed E-state index contributed by atoms with van der Waals surface area (Å²) in [4.78, 5) is 0. The van der Waals surface area contributed by atoms with Gasteiger partial charge in [-0.15, -0.1) is 0 Å². The molecule has 0 aromatic carbocycles. The molecule has 5 nitrogen and oxygen atoms in total. The van der Waals surface area contributed by atoms with Crippen molar-refractivity contribution in [1.82, 2.24) is 5.32 Å². The molecule has 0 atom stereocenters. The third kappa shape index (κ3) is 6.20. The third-order valence-corrected chi connectivity index (χ3v) is 8.57. The molecule has 0 aromatic rings. The van der Waals surface area contributed by atoms with Gasteiger partial charge in [-0.1, -0.05) is 13.8 Å². The lowest BCUT2D eigenvalue weighted by Crippen LogP contribution is -2.52. The van der Waals surface area contributed by atoms with Crippen LogP contribution >= 0.6 is 0 Å². The Hall–Kier alpha value is 0.0169. The van der Waals surface area contributed by atoms with E-state index in [0.29, 0.717) is 26.3 Å². The van der Waals surface area contributed by atoms with E-state index in [1.807, 2.05) is 13.8 Å². The van der Waals surface area contributed by atoms with Crippen LogP contribution in [0.15, 0.2) is 0 Å². The van der Waals surface area contributed by atoms with Crippen molar-refractivity contribution < 1.29 is 8.85 Å². The van der Waals surface area contributed by atoms with Crippen molar-refractivity contribution >= 4 is 8.56 Å². The van der Waals surface area contributed by atoms with E-state index >= 15 is 0 Å². The second-order valence-corrected chi connectivity index (χ2v) is 9.62. The normalized spacial score (nSPS) is 12.9. The van der Waals surface area contributed by atoms with Gasteiger partial charge in [0.2, 0.25) is 0 Å². The smallest absolute Gasteiger partial charge is 0.344 e. The molecule has 122 valence electrons. The number of nitrogens with one attached hydrogen (secondary N) is 1. The second-order valence-electron chi connectivity index (χ2n) is 5.68. The SMILES string of the molecule is CCO[Si](CCCNCCN)(OCC)C(C)(C)CCN. The molecule has 20 heavy (non-hydrogen) atoms. The van der Waals surface area contributed by atoms with Gasteiger partial charge in [-0.05, 0) is 45.8 Å². The Bertz CT molecular complexity index is 234. The average Bonchev–Trinajstić information content (AvgIpc) is 2.38. The summed E-state index contributed by atoms with van der Waals surface area (Å²) in [5, 5.41) is 3.37. The van der Waals surface area contributed by atoms with Gasteiger partial charge in [0.25, 0.3) is 0 Å². The van der Waals surface area contributed by atoms with Crippen molar-refractivity contribution in [2.24, 2.45) is 11.5 Å². The van der Waals surface area contributed by atoms with Gasteiger partial charge in [-0.2, -0.15) is 0 Å². The molecule has 6 heteroatoms. The molecule has 0 heterocycles. The van der Waals surface area contributed by atoms with E-state index in [1.165, 1.54) is 0 Å². The van der Waals surface area contributed by atoms with Crippen LogP contribution in [0.4, 0.5) is 0 Å². The van der Waals surface area contributed by atoms with Gasteiger partial charge in [0.15, 0.2) is 0 Å². The molecule has 0 rings (SSSR count). The Balaban J connectivity index is 4.73. The van der Waals surface area contributed by atoms with Crippen molar-refractivity contribution in [2.45, 2.75) is 51.6 Å². The quantitative estimate of drug-likeness (QED) is 0.355. The number of nitrogens with two attached hydrogens (primary N) is 2. The maximum atomic E-state index is 6.20. The van der Waals surface area contributed by atoms with E-state index in [1.54, 1.807) is 0 Å². The van der Waals surface area contributed by atoms with Crippen molar-refractivity contribution in [3.05, 3.63) is 0 Å². The third-order valence-electron chi connectivity index (χ3n) is 3.74. The molecule has 0 aromatic heterocycles. The van der Waals surface area contributed by atoms with Crippen molar-refractivity contribution in [3.8, 4) is 0 Å². The zero-order valence-corrected chi connectivity index (χ0v) is 14.8. The molecule has 0 saturated carbocycles. The molecule has 0 fully saturated rings. The summed E-state index contributed by atoms with van der Waals surface area (Å²) in [6, 6.07) is 0.999. The van der Waals surface area contributed by atoms with Crippen molar-refractivity contribution in [1.29, 1.82) is 0 Å². The summed E-state index contributed by atoms with van der Waals surface area (Å²) in [5.41, 5.74) is 11.3. The van der Waals surface area contributed by atoms with Crippen LogP contribution in [-0.2, 0) is 8.85 Å². The molecule has 0 bridgehead atoms. The first-order chi connectivity index (χ1) is 9.49. The Morgan fingerprint density at radius 1 is 1.00 bits per heavy atom. The molecule has 0 aliphatic carbocycles. The molecular formula is C14H35N3O2Si. The molecule has 0 radical (unpaired) electrons. The van der Waals surface area contributed by atoms with Crippen LogP contribution in [-0.4, -0.2) is 48.0 Å². The fraction of sp³-hybridized carbons (Fsp3) is 1.00. The monoisotopic (exact) mass is 305 g/mol. The predicted octanol–water partition coefficient (Wildman–Crippen LogP) is 1.57. The largest absolute Gasteiger partial charge is 0.394 e. The van der Waals surface area contributed by atoms with Gasteiger partial charge in [-0.25, -0.2) is 0 Å². The first-order valence-corrected chi connectivity index (χ1v) is 9.90. The maximum absolute atomic E-state index is 6.20. The summed E-state index contributed by atoms with van der Waals surface area (Å²) in [6.45, 7) is 13.2. The number of rotatable bonds is 13. The number of hydrogen-bond acceptors (Lipinski definition) is 5. The van der Waals surface area contributed by atoms with E-state index in [4.69, 9.17) is 20.3 Å². The van der Waals surface area contributed by atoms with Crippen LogP contribution in [0, 0.1) is 0 Å². The predicted molar refractivity (Wildman–Crippen MR) is 88.1 cm³/mol. The first-order valence-electron chi connectivity index (χ1n) is 7.88. The lowest BCUT2D eigenvalue weighted by Gasteiger charge is -2.43. The zero-order valence-electron chi connectivity index (χ0n) is 13.8. The number of hydrogen-bond donors (Lipinski definition) is 3. The van der Waals surface area contributed by atoms with Gasteiger partial charge >= 0.3 is 8.56 Å². The molecule has 0 unspecified atom stereocenters. The highest BCUT2D eigenvalue weighted by atomic mass is 28.4. The summed E-state index contributed by atoms with van der Waals surface area (Å²) >= 11 is 0. The van der Waals surface area contributed by atoms with Gasteiger partial charge in [0, 0.05) is 31.3 Å². The van der Waals surface area contributed by atoms with Gasteiger partial charge in [0.05, 0.1) is 0 Å². The van der Waals surface area contributed by atoms with E-state index < -0.39 is 8.56 Å². The van der Waals surface area contributed by atoms with E-state index in [0.717, 1.165) is 32.0 Å². The van der Waals surface area contributed by atoms with E-state index in [9.17, 15) is 0 Å². The Morgan fingerprint density at radius 3 is 2.05 bits per heavy atom. The average molecular weight is 306 g/mol. The summed E-state index contributed by atoms with van der Waals surface area (Å²) in [6.07, 6.45) is 2.00. The molecule has 0 aliphatic rings. The van der Waals surface area contributed by atoms with E-state index in [2.05, 4.69) is 19.2 Å². The Kier molecular flexibility index (Phi) is 10.7. The minimum absolute atomic E-state index is 0.0294. The summed E-state index contributed by atoms with van der Waals surface area (Å²) in [5.74, 6) is 0. The zero-order chi connectivity index (χ0) is 15.5. The van der Waals surface area contributed by atoms with Crippen LogP contribution in [0.25, 0.3) is 0 Å². The van der Waals surface area contributed by atoms with Crippen LogP contribution in [0.2, 0.25) is 11.1 Å². The summed E-state index contributed by atoms with van der Waals surface area (Å²) in [7, 11) is -2.26. The highest BCUT2D eigenvalue weighted by Gasteiger charge is 2.50. The van der Waals surface area contributed by atoms with Crippen molar-refractivity contribution in [2.75, 3.05) is 39.4 Å². The lowest BCUT2D eigenvalue weighted by molar-refractivity contribution is 0.154. The molecular weight excluding hydrogens is 270 g/mol. The first kappa shape index (κ1) is 20.0. The highest BCUT2D eigenvalue weighted by molar-refractivity contribution is 6.70. The fourth-order valence-corrected chi connectivity index (χ4v) is 6.54. The molecule has 0 saturated heterocycles. The standard InChI is InChI=1S/C14H35N3O2Si/c1-5-18-20(19-6-2,14(3,4)8-9-15)13-7-11-17-12-10-16/h17H,5-13,15-16H2,1-4H3. The Labute approximate surface area is 126 Å². The van der Waals surface area contributed by atoms with Gasteiger partial charge in [0.1, 0.15) is 0 Å². The summed E-state index contributed by atoms with van der Waals surface area (Å²) < 4.78 is 12.4. The van der Waals surface area contributed by atoms with Crippen LogP contribution in [0.3, 0.4) is 0 Å². The second kappa shape index (κ2) is 10.7. The molecule has 0 amide bonds. The van der Waals surface area contributed by atoms with Crippen LogP contribution < -0.4 is 16.8 Å².